The highest BCUT2D eigenvalue weighted by Crippen LogP contribution is 2.19. The molecule has 2 N–H and O–H groups in total. The Hall–Kier alpha value is -2.94. The number of benzene rings is 1. The summed E-state index contributed by atoms with van der Waals surface area (Å²) in [6, 6.07) is 6.02. The average Bonchev–Trinajstić information content (AvgIpc) is 2.80. The van der Waals surface area contributed by atoms with Gasteiger partial charge >= 0.3 is 23.9 Å². The molecule has 0 heterocycles. The summed E-state index contributed by atoms with van der Waals surface area (Å²) in [6.45, 7) is 5.26. The van der Waals surface area contributed by atoms with Crippen molar-refractivity contribution >= 4 is 23.9 Å². The molecule has 1 unspecified atom stereocenters. The van der Waals surface area contributed by atoms with Crippen LogP contribution in [0.25, 0.3) is 0 Å². The first kappa shape index (κ1) is 29.1. The highest BCUT2D eigenvalue weighted by molar-refractivity contribution is 6.03. The molecule has 0 fully saturated rings. The lowest BCUT2D eigenvalue weighted by atomic mass is 9.96. The predicted octanol–water partition coefficient (Wildman–Crippen LogP) is 4.11. The number of carboxylic acid groups (broad SMARTS) is 1. The molecule has 0 spiro atoms. The van der Waals surface area contributed by atoms with Gasteiger partial charge in [-0.25, -0.2) is 9.59 Å². The number of carbonyl (C=O) groups excluding carboxylic acids is 3. The van der Waals surface area contributed by atoms with Gasteiger partial charge in [0.05, 0.1) is 24.3 Å². The van der Waals surface area contributed by atoms with E-state index in [0.717, 1.165) is 12.8 Å². The summed E-state index contributed by atoms with van der Waals surface area (Å²) in [5, 5.41) is 18.0. The van der Waals surface area contributed by atoms with Crippen molar-refractivity contribution in [2.75, 3.05) is 13.2 Å². The molecule has 1 aromatic rings. The number of hydrogen-bond acceptors (Lipinski definition) is 8. The van der Waals surface area contributed by atoms with Gasteiger partial charge in [-0.15, -0.1) is 0 Å². The molecule has 0 aliphatic rings. The van der Waals surface area contributed by atoms with Gasteiger partial charge in [-0.3, -0.25) is 9.59 Å². The van der Waals surface area contributed by atoms with Gasteiger partial charge in [-0.05, 0) is 31.4 Å². The van der Waals surface area contributed by atoms with E-state index in [9.17, 15) is 24.3 Å². The molecule has 0 radical (unpaired) electrons. The molecule has 0 bridgehead atoms. The lowest BCUT2D eigenvalue weighted by molar-refractivity contribution is -0.170. The minimum atomic E-state index is -1.12. The zero-order valence-electron chi connectivity index (χ0n) is 20.2. The summed E-state index contributed by atoms with van der Waals surface area (Å²) in [5.41, 5.74) is -0.644. The topological polar surface area (TPSA) is 136 Å². The molecular formula is C25H36O9. The standard InChI is InChI=1S/C25H36O9/c1-4-5-6-15-22(33-21(29)14-10-9-13-20(27)28)34-24(31)19-12-8-7-11-18(19)23(30)32-17-25(2,3)16-26/h7-8,11-12,22,26H,4-6,9-10,13-17H2,1-3H3,(H,27,28). The first-order valence-electron chi connectivity index (χ1n) is 11.6. The minimum Gasteiger partial charge on any atom is -0.481 e. The number of carboxylic acids is 1. The summed E-state index contributed by atoms with van der Waals surface area (Å²) in [5.74, 6) is -3.07. The number of esters is 3. The Morgan fingerprint density at radius 1 is 0.912 bits per heavy atom. The molecular weight excluding hydrogens is 444 g/mol. The summed E-state index contributed by atoms with van der Waals surface area (Å²) in [6.07, 6.45) is 2.29. The Bertz CT molecular complexity index is 816. The van der Waals surface area contributed by atoms with Gasteiger partial charge < -0.3 is 24.4 Å². The zero-order chi connectivity index (χ0) is 25.6. The Labute approximate surface area is 200 Å². The second kappa shape index (κ2) is 15.1. The first-order valence-corrected chi connectivity index (χ1v) is 11.6. The van der Waals surface area contributed by atoms with Gasteiger partial charge in [-0.1, -0.05) is 45.7 Å². The van der Waals surface area contributed by atoms with E-state index in [1.54, 1.807) is 26.0 Å². The van der Waals surface area contributed by atoms with Crippen molar-refractivity contribution in [3.05, 3.63) is 35.4 Å². The Morgan fingerprint density at radius 2 is 1.53 bits per heavy atom. The Kier molecular flexibility index (Phi) is 12.9. The maximum Gasteiger partial charge on any atom is 0.342 e. The van der Waals surface area contributed by atoms with Crippen molar-refractivity contribution in [1.29, 1.82) is 0 Å². The SMILES string of the molecule is CCCCCC(OC(=O)CCCCC(=O)O)OC(=O)c1ccccc1C(=O)OCC(C)(C)CO. The number of carbonyl (C=O) groups is 4. The highest BCUT2D eigenvalue weighted by atomic mass is 16.7. The van der Waals surface area contributed by atoms with Crippen molar-refractivity contribution in [1.82, 2.24) is 0 Å². The normalized spacial score (nSPS) is 12.0. The number of hydrogen-bond donors (Lipinski definition) is 2. The maximum absolute atomic E-state index is 12.9. The van der Waals surface area contributed by atoms with Crippen LogP contribution in [0.3, 0.4) is 0 Å². The van der Waals surface area contributed by atoms with Gasteiger partial charge in [-0.2, -0.15) is 0 Å². The van der Waals surface area contributed by atoms with Gasteiger partial charge in [0.15, 0.2) is 0 Å². The molecule has 0 aliphatic heterocycles. The van der Waals surface area contributed by atoms with Gasteiger partial charge in [0.25, 0.3) is 0 Å². The van der Waals surface area contributed by atoms with E-state index in [2.05, 4.69) is 0 Å². The molecule has 0 aliphatic carbocycles. The number of unbranched alkanes of at least 4 members (excludes halogenated alkanes) is 3. The zero-order valence-corrected chi connectivity index (χ0v) is 20.2. The third-order valence-electron chi connectivity index (χ3n) is 4.96. The van der Waals surface area contributed by atoms with Crippen LogP contribution in [0.2, 0.25) is 0 Å². The second-order valence-electron chi connectivity index (χ2n) is 8.87. The predicted molar refractivity (Wildman–Crippen MR) is 123 cm³/mol. The van der Waals surface area contributed by atoms with E-state index in [-0.39, 0.29) is 37.2 Å². The number of aliphatic hydroxyl groups excluding tert-OH is 1. The van der Waals surface area contributed by atoms with Crippen LogP contribution >= 0.6 is 0 Å². The molecule has 1 rings (SSSR count). The summed E-state index contributed by atoms with van der Waals surface area (Å²) >= 11 is 0. The van der Waals surface area contributed by atoms with E-state index >= 15 is 0 Å². The van der Waals surface area contributed by atoms with Crippen LogP contribution < -0.4 is 0 Å². The third-order valence-corrected chi connectivity index (χ3v) is 4.96. The summed E-state index contributed by atoms with van der Waals surface area (Å²) < 4.78 is 16.0. The number of ether oxygens (including phenoxy) is 3. The van der Waals surface area contributed by atoms with Crippen LogP contribution in [0, 0.1) is 5.41 Å². The van der Waals surface area contributed by atoms with Crippen molar-refractivity contribution in [2.45, 2.75) is 78.4 Å². The smallest absolute Gasteiger partial charge is 0.342 e. The van der Waals surface area contributed by atoms with Gasteiger partial charge in [0.1, 0.15) is 0 Å². The molecule has 0 amide bonds. The van der Waals surface area contributed by atoms with E-state index < -0.39 is 35.6 Å². The summed E-state index contributed by atoms with van der Waals surface area (Å²) in [7, 11) is 0. The van der Waals surface area contributed by atoms with Crippen molar-refractivity contribution < 1.29 is 43.6 Å². The summed E-state index contributed by atoms with van der Waals surface area (Å²) in [4.78, 5) is 48.2. The lowest BCUT2D eigenvalue weighted by Gasteiger charge is -2.21. The molecule has 34 heavy (non-hydrogen) atoms. The van der Waals surface area contributed by atoms with Crippen molar-refractivity contribution in [3.63, 3.8) is 0 Å². The fourth-order valence-corrected chi connectivity index (χ4v) is 2.86. The van der Waals surface area contributed by atoms with Crippen LogP contribution in [-0.2, 0) is 23.8 Å². The molecule has 9 nitrogen and oxygen atoms in total. The molecule has 0 saturated heterocycles. The first-order chi connectivity index (χ1) is 16.1. The second-order valence-corrected chi connectivity index (χ2v) is 8.87. The van der Waals surface area contributed by atoms with Gasteiger partial charge in [0.2, 0.25) is 6.29 Å². The number of aliphatic hydroxyl groups is 1. The van der Waals surface area contributed by atoms with Crippen molar-refractivity contribution in [3.8, 4) is 0 Å². The minimum absolute atomic E-state index is 0.00791. The Balaban J connectivity index is 2.84. The quantitative estimate of drug-likeness (QED) is 0.203. The molecule has 9 heteroatoms. The van der Waals surface area contributed by atoms with Crippen molar-refractivity contribution in [2.24, 2.45) is 5.41 Å². The lowest BCUT2D eigenvalue weighted by Crippen LogP contribution is -2.27. The highest BCUT2D eigenvalue weighted by Gasteiger charge is 2.26. The fourth-order valence-electron chi connectivity index (χ4n) is 2.86. The maximum atomic E-state index is 12.9. The number of aliphatic carboxylic acids is 1. The van der Waals surface area contributed by atoms with Crippen LogP contribution in [0.4, 0.5) is 0 Å². The van der Waals surface area contributed by atoms with Crippen LogP contribution in [0.5, 0.6) is 0 Å². The number of rotatable bonds is 16. The van der Waals surface area contributed by atoms with Gasteiger partial charge in [0, 0.05) is 24.7 Å². The van der Waals surface area contributed by atoms with Crippen LogP contribution in [-0.4, -0.2) is 53.6 Å². The van der Waals surface area contributed by atoms with Crippen LogP contribution in [0.15, 0.2) is 24.3 Å². The van der Waals surface area contributed by atoms with E-state index in [1.165, 1.54) is 12.1 Å². The monoisotopic (exact) mass is 480 g/mol. The molecule has 1 atom stereocenters. The van der Waals surface area contributed by atoms with E-state index in [1.807, 2.05) is 6.92 Å². The largest absolute Gasteiger partial charge is 0.481 e. The van der Waals surface area contributed by atoms with Crippen LogP contribution in [0.1, 0.15) is 92.9 Å². The average molecular weight is 481 g/mol. The molecule has 190 valence electrons. The molecule has 0 saturated carbocycles. The molecule has 1 aromatic carbocycles. The Morgan fingerprint density at radius 3 is 2.12 bits per heavy atom. The van der Waals surface area contributed by atoms with E-state index in [4.69, 9.17) is 19.3 Å². The van der Waals surface area contributed by atoms with E-state index in [0.29, 0.717) is 25.7 Å². The fraction of sp³-hybridized carbons (Fsp3) is 0.600. The third kappa shape index (κ3) is 11.3. The molecule has 0 aromatic heterocycles.